The molecule has 2 aromatic carbocycles. The average Bonchev–Trinajstić information content (AvgIpc) is 2.89. The summed E-state index contributed by atoms with van der Waals surface area (Å²) in [5.74, 6) is 0.00258. The van der Waals surface area contributed by atoms with Gasteiger partial charge in [-0.1, -0.05) is 34.1 Å². The van der Waals surface area contributed by atoms with Crippen LogP contribution in [0.3, 0.4) is 0 Å². The van der Waals surface area contributed by atoms with Gasteiger partial charge in [-0.2, -0.15) is 0 Å². The minimum Gasteiger partial charge on any atom is -0.361 e. The number of H-pyrrole nitrogens is 1. The zero-order chi connectivity index (χ0) is 13.9. The van der Waals surface area contributed by atoms with Crippen LogP contribution in [0.5, 0.6) is 0 Å². The Morgan fingerprint density at radius 3 is 2.60 bits per heavy atom. The van der Waals surface area contributed by atoms with Crippen LogP contribution >= 0.6 is 15.9 Å². The lowest BCUT2D eigenvalue weighted by molar-refractivity contribution is 0.104. The molecule has 0 spiro atoms. The van der Waals surface area contributed by atoms with E-state index in [9.17, 15) is 4.79 Å². The molecule has 0 aliphatic carbocycles. The van der Waals surface area contributed by atoms with Crippen LogP contribution in [-0.2, 0) is 0 Å². The van der Waals surface area contributed by atoms with Crippen molar-refractivity contribution in [1.29, 1.82) is 0 Å². The third-order valence-corrected chi connectivity index (χ3v) is 3.69. The summed E-state index contributed by atoms with van der Waals surface area (Å²) in [6.45, 7) is 0. The third kappa shape index (κ3) is 2.58. The van der Waals surface area contributed by atoms with Gasteiger partial charge < -0.3 is 4.98 Å². The lowest BCUT2D eigenvalue weighted by Crippen LogP contribution is -1.92. The first-order valence-corrected chi connectivity index (χ1v) is 7.07. The highest BCUT2D eigenvalue weighted by atomic mass is 79.9. The fourth-order valence-electron chi connectivity index (χ4n) is 2.11. The van der Waals surface area contributed by atoms with Crippen molar-refractivity contribution in [3.05, 3.63) is 76.4 Å². The number of aromatic amines is 1. The van der Waals surface area contributed by atoms with Crippen molar-refractivity contribution in [2.75, 3.05) is 0 Å². The molecule has 0 aliphatic rings. The molecule has 0 fully saturated rings. The molecule has 0 aliphatic heterocycles. The molecule has 0 bridgehead atoms. The molecule has 1 N–H and O–H groups in total. The molecule has 0 saturated heterocycles. The quantitative estimate of drug-likeness (QED) is 0.543. The van der Waals surface area contributed by atoms with Crippen molar-refractivity contribution in [1.82, 2.24) is 4.98 Å². The molecule has 3 heteroatoms. The van der Waals surface area contributed by atoms with E-state index in [0.29, 0.717) is 5.56 Å². The first-order valence-electron chi connectivity index (χ1n) is 6.28. The number of allylic oxidation sites excluding steroid dienone is 1. The van der Waals surface area contributed by atoms with Gasteiger partial charge >= 0.3 is 0 Å². The molecule has 1 aromatic heterocycles. The second-order valence-corrected chi connectivity index (χ2v) is 5.41. The monoisotopic (exact) mass is 325 g/mol. The molecule has 20 heavy (non-hydrogen) atoms. The standard InChI is InChI=1S/C17H12BrNO/c18-14-8-5-12(6-9-14)17(20)10-7-13-11-19-16-4-2-1-3-15(13)16/h1-11,19H. The van der Waals surface area contributed by atoms with Crippen LogP contribution in [0, 0.1) is 0 Å². The Balaban J connectivity index is 1.87. The second kappa shape index (κ2) is 5.47. The maximum Gasteiger partial charge on any atom is 0.185 e. The number of fused-ring (bicyclic) bond motifs is 1. The number of benzene rings is 2. The summed E-state index contributed by atoms with van der Waals surface area (Å²) in [5.41, 5.74) is 2.78. The smallest absolute Gasteiger partial charge is 0.185 e. The van der Waals surface area contributed by atoms with Crippen molar-refractivity contribution >= 4 is 38.7 Å². The Hall–Kier alpha value is -2.13. The molecular formula is C17H12BrNO. The number of ketones is 1. The number of hydrogen-bond donors (Lipinski definition) is 1. The van der Waals surface area contributed by atoms with Gasteiger partial charge in [0.25, 0.3) is 0 Å². The molecule has 0 unspecified atom stereocenters. The number of carbonyl (C=O) groups excluding carboxylic acids is 1. The number of para-hydroxylation sites is 1. The fourth-order valence-corrected chi connectivity index (χ4v) is 2.37. The normalized spacial score (nSPS) is 11.2. The number of carbonyl (C=O) groups is 1. The van der Waals surface area contributed by atoms with Crippen LogP contribution in [0.2, 0.25) is 0 Å². The highest BCUT2D eigenvalue weighted by Gasteiger charge is 2.03. The molecule has 2 nitrogen and oxygen atoms in total. The highest BCUT2D eigenvalue weighted by Crippen LogP contribution is 2.19. The van der Waals surface area contributed by atoms with Crippen LogP contribution in [0.4, 0.5) is 0 Å². The van der Waals surface area contributed by atoms with E-state index in [-0.39, 0.29) is 5.78 Å². The number of rotatable bonds is 3. The zero-order valence-corrected chi connectivity index (χ0v) is 12.2. The van der Waals surface area contributed by atoms with Crippen LogP contribution in [-0.4, -0.2) is 10.8 Å². The number of nitrogens with one attached hydrogen (secondary N) is 1. The molecule has 3 rings (SSSR count). The van der Waals surface area contributed by atoms with Crippen molar-refractivity contribution in [3.63, 3.8) is 0 Å². The average molecular weight is 326 g/mol. The molecule has 0 atom stereocenters. The van der Waals surface area contributed by atoms with Crippen molar-refractivity contribution in [2.45, 2.75) is 0 Å². The van der Waals surface area contributed by atoms with E-state index in [4.69, 9.17) is 0 Å². The van der Waals surface area contributed by atoms with E-state index >= 15 is 0 Å². The topological polar surface area (TPSA) is 32.9 Å². The Kier molecular flexibility index (Phi) is 3.52. The predicted molar refractivity (Wildman–Crippen MR) is 85.8 cm³/mol. The zero-order valence-electron chi connectivity index (χ0n) is 10.6. The van der Waals surface area contributed by atoms with E-state index in [2.05, 4.69) is 20.9 Å². The molecular weight excluding hydrogens is 314 g/mol. The van der Waals surface area contributed by atoms with Crippen molar-refractivity contribution in [2.24, 2.45) is 0 Å². The summed E-state index contributed by atoms with van der Waals surface area (Å²) in [7, 11) is 0. The molecule has 3 aromatic rings. The molecule has 1 heterocycles. The van der Waals surface area contributed by atoms with E-state index in [0.717, 1.165) is 20.9 Å². The Morgan fingerprint density at radius 2 is 1.80 bits per heavy atom. The fraction of sp³-hybridized carbons (Fsp3) is 0. The van der Waals surface area contributed by atoms with Gasteiger partial charge in [-0.3, -0.25) is 4.79 Å². The second-order valence-electron chi connectivity index (χ2n) is 4.49. The SMILES string of the molecule is O=C(C=Cc1c[nH]c2ccccc12)c1ccc(Br)cc1. The Bertz CT molecular complexity index is 784. The summed E-state index contributed by atoms with van der Waals surface area (Å²) < 4.78 is 0.967. The van der Waals surface area contributed by atoms with Crippen molar-refractivity contribution in [3.8, 4) is 0 Å². The molecule has 0 radical (unpaired) electrons. The van der Waals surface area contributed by atoms with E-state index < -0.39 is 0 Å². The maximum atomic E-state index is 12.1. The molecule has 0 amide bonds. The largest absolute Gasteiger partial charge is 0.361 e. The van der Waals surface area contributed by atoms with Gasteiger partial charge in [-0.05, 0) is 48.0 Å². The minimum atomic E-state index is 0.00258. The summed E-state index contributed by atoms with van der Waals surface area (Å²) in [5, 5.41) is 1.12. The number of hydrogen-bond acceptors (Lipinski definition) is 1. The summed E-state index contributed by atoms with van der Waals surface area (Å²) in [6, 6.07) is 15.4. The molecule has 98 valence electrons. The first-order chi connectivity index (χ1) is 9.74. The maximum absolute atomic E-state index is 12.1. The van der Waals surface area contributed by atoms with Gasteiger partial charge in [0, 0.05) is 27.1 Å². The lowest BCUT2D eigenvalue weighted by Gasteiger charge is -1.96. The number of halogens is 1. The van der Waals surface area contributed by atoms with Crippen LogP contribution in [0.25, 0.3) is 17.0 Å². The first kappa shape index (κ1) is 12.9. The Morgan fingerprint density at radius 1 is 1.05 bits per heavy atom. The minimum absolute atomic E-state index is 0.00258. The van der Waals surface area contributed by atoms with E-state index in [1.54, 1.807) is 6.08 Å². The lowest BCUT2D eigenvalue weighted by atomic mass is 10.1. The van der Waals surface area contributed by atoms with Gasteiger partial charge in [0.15, 0.2) is 5.78 Å². The molecule has 0 saturated carbocycles. The number of aromatic nitrogens is 1. The van der Waals surface area contributed by atoms with Gasteiger partial charge in [-0.15, -0.1) is 0 Å². The highest BCUT2D eigenvalue weighted by molar-refractivity contribution is 9.10. The van der Waals surface area contributed by atoms with E-state index in [1.165, 1.54) is 0 Å². The van der Waals surface area contributed by atoms with Gasteiger partial charge in [0.05, 0.1) is 0 Å². The van der Waals surface area contributed by atoms with E-state index in [1.807, 2.05) is 60.8 Å². The van der Waals surface area contributed by atoms with Gasteiger partial charge in [-0.25, -0.2) is 0 Å². The van der Waals surface area contributed by atoms with Crippen LogP contribution in [0.15, 0.2) is 65.3 Å². The Labute approximate surface area is 125 Å². The van der Waals surface area contributed by atoms with Gasteiger partial charge in [0.2, 0.25) is 0 Å². The van der Waals surface area contributed by atoms with Crippen molar-refractivity contribution < 1.29 is 4.79 Å². The van der Waals surface area contributed by atoms with Gasteiger partial charge in [0.1, 0.15) is 0 Å². The summed E-state index contributed by atoms with van der Waals surface area (Å²) in [6.07, 6.45) is 5.37. The summed E-state index contributed by atoms with van der Waals surface area (Å²) in [4.78, 5) is 15.3. The summed E-state index contributed by atoms with van der Waals surface area (Å²) >= 11 is 3.36. The third-order valence-electron chi connectivity index (χ3n) is 3.16. The predicted octanol–water partition coefficient (Wildman–Crippen LogP) is 4.83. The van der Waals surface area contributed by atoms with Crippen LogP contribution in [0.1, 0.15) is 15.9 Å². The van der Waals surface area contributed by atoms with Crippen LogP contribution < -0.4 is 0 Å².